The molecule has 4 nitrogen and oxygen atoms in total. The molecule has 0 aliphatic carbocycles. The molecule has 2 aromatic carbocycles. The summed E-state index contributed by atoms with van der Waals surface area (Å²) in [5.74, 6) is 0.996. The number of benzene rings is 2. The molecule has 4 aromatic rings. The fraction of sp³-hybridized carbons (Fsp3) is 0.250. The first kappa shape index (κ1) is 19.6. The number of hydrogen-bond donors (Lipinski definition) is 0. The zero-order valence-corrected chi connectivity index (χ0v) is 17.0. The van der Waals surface area contributed by atoms with Crippen LogP contribution in [0.1, 0.15) is 50.9 Å². The molecule has 0 fully saturated rings. The van der Waals surface area contributed by atoms with Crippen LogP contribution >= 0.6 is 0 Å². The Morgan fingerprint density at radius 1 is 0.536 bits per heavy atom. The number of hydrogen-bond acceptors (Lipinski definition) is 2. The van der Waals surface area contributed by atoms with E-state index in [4.69, 9.17) is 0 Å². The maximum Gasteiger partial charge on any atom is 0.0648 e. The molecule has 0 aliphatic heterocycles. The van der Waals surface area contributed by atoms with E-state index in [0.717, 1.165) is 11.4 Å². The Bertz CT molecular complexity index is 884. The molecule has 0 saturated heterocycles. The lowest BCUT2D eigenvalue weighted by Gasteiger charge is -2.09. The molecule has 0 atom stereocenters. The normalized spacial score (nSPS) is 10.8. The smallest absolute Gasteiger partial charge is 0.0648 e. The zero-order chi connectivity index (χ0) is 19.9. The summed E-state index contributed by atoms with van der Waals surface area (Å²) in [6, 6.07) is 24.6. The molecular weight excluding hydrogens is 344 g/mol. The average molecular weight is 373 g/mol. The Morgan fingerprint density at radius 2 is 0.893 bits per heavy atom. The largest absolute Gasteiger partial charge is 0.238 e. The quantitative estimate of drug-likeness (QED) is 0.441. The first-order chi connectivity index (χ1) is 13.6. The Balaban J connectivity index is 0.000000161. The van der Waals surface area contributed by atoms with Crippen LogP contribution in [0.15, 0.2) is 85.2 Å². The van der Waals surface area contributed by atoms with Gasteiger partial charge in [-0.15, -0.1) is 0 Å². The standard InChI is InChI=1S/2C12H14N2/c2*1-10(2)12-8-9-13-14(12)11-6-4-3-5-7-11/h2*3-10H,1-2H3. The van der Waals surface area contributed by atoms with Gasteiger partial charge in [-0.3, -0.25) is 0 Å². The molecule has 2 heterocycles. The van der Waals surface area contributed by atoms with Gasteiger partial charge in [0.15, 0.2) is 0 Å². The van der Waals surface area contributed by atoms with Gasteiger partial charge in [0.05, 0.1) is 11.4 Å². The highest BCUT2D eigenvalue weighted by Gasteiger charge is 2.08. The minimum absolute atomic E-state index is 0.498. The Hall–Kier alpha value is -3.14. The van der Waals surface area contributed by atoms with Gasteiger partial charge in [0.25, 0.3) is 0 Å². The van der Waals surface area contributed by atoms with E-state index in [9.17, 15) is 0 Å². The van der Waals surface area contributed by atoms with Crippen LogP contribution in [0.2, 0.25) is 0 Å². The average Bonchev–Trinajstić information content (AvgIpc) is 3.40. The SMILES string of the molecule is CC(C)c1ccnn1-c1ccccc1.CC(C)c1ccnn1-c1ccccc1. The van der Waals surface area contributed by atoms with Crippen molar-refractivity contribution in [2.24, 2.45) is 0 Å². The van der Waals surface area contributed by atoms with E-state index in [1.54, 1.807) is 0 Å². The van der Waals surface area contributed by atoms with Crippen molar-refractivity contribution in [3.05, 3.63) is 96.6 Å². The van der Waals surface area contributed by atoms with Crippen LogP contribution in [0.4, 0.5) is 0 Å². The van der Waals surface area contributed by atoms with Gasteiger partial charge in [0, 0.05) is 23.8 Å². The van der Waals surface area contributed by atoms with Crippen LogP contribution in [0.5, 0.6) is 0 Å². The van der Waals surface area contributed by atoms with E-state index in [-0.39, 0.29) is 0 Å². The van der Waals surface area contributed by atoms with Crippen molar-refractivity contribution in [1.82, 2.24) is 19.6 Å². The molecule has 0 N–H and O–H groups in total. The van der Waals surface area contributed by atoms with Gasteiger partial charge in [-0.25, -0.2) is 9.36 Å². The van der Waals surface area contributed by atoms with Gasteiger partial charge in [0.2, 0.25) is 0 Å². The van der Waals surface area contributed by atoms with Gasteiger partial charge < -0.3 is 0 Å². The third-order valence-electron chi connectivity index (χ3n) is 4.53. The summed E-state index contributed by atoms with van der Waals surface area (Å²) in [4.78, 5) is 0. The molecule has 4 rings (SSSR count). The van der Waals surface area contributed by atoms with Crippen LogP contribution < -0.4 is 0 Å². The van der Waals surface area contributed by atoms with Crippen LogP contribution in [-0.2, 0) is 0 Å². The minimum Gasteiger partial charge on any atom is -0.238 e. The van der Waals surface area contributed by atoms with Crippen LogP contribution in [0, 0.1) is 0 Å². The highest BCUT2D eigenvalue weighted by atomic mass is 15.3. The van der Waals surface area contributed by atoms with Gasteiger partial charge in [0.1, 0.15) is 0 Å². The summed E-state index contributed by atoms with van der Waals surface area (Å²) in [6.07, 6.45) is 3.70. The Morgan fingerprint density at radius 3 is 1.21 bits per heavy atom. The summed E-state index contributed by atoms with van der Waals surface area (Å²) in [7, 11) is 0. The van der Waals surface area contributed by atoms with Crippen molar-refractivity contribution < 1.29 is 0 Å². The van der Waals surface area contributed by atoms with E-state index < -0.39 is 0 Å². The van der Waals surface area contributed by atoms with Crippen molar-refractivity contribution >= 4 is 0 Å². The Kier molecular flexibility index (Phi) is 6.43. The number of aromatic nitrogens is 4. The van der Waals surface area contributed by atoms with Gasteiger partial charge in [-0.1, -0.05) is 64.1 Å². The molecular formula is C24H28N4. The molecule has 2 aromatic heterocycles. The van der Waals surface area contributed by atoms with Crippen LogP contribution in [-0.4, -0.2) is 19.6 Å². The van der Waals surface area contributed by atoms with Crippen molar-refractivity contribution in [2.75, 3.05) is 0 Å². The molecule has 0 saturated carbocycles. The molecule has 0 radical (unpaired) electrons. The third-order valence-corrected chi connectivity index (χ3v) is 4.53. The molecule has 0 bridgehead atoms. The van der Waals surface area contributed by atoms with Gasteiger partial charge in [-0.05, 0) is 48.2 Å². The number of nitrogens with zero attached hydrogens (tertiary/aromatic N) is 4. The summed E-state index contributed by atoms with van der Waals surface area (Å²) < 4.78 is 3.98. The fourth-order valence-electron chi connectivity index (χ4n) is 3.07. The molecule has 4 heteroatoms. The van der Waals surface area contributed by atoms with Crippen molar-refractivity contribution in [3.63, 3.8) is 0 Å². The highest BCUT2D eigenvalue weighted by Crippen LogP contribution is 2.18. The lowest BCUT2D eigenvalue weighted by Crippen LogP contribution is -2.02. The van der Waals surface area contributed by atoms with Gasteiger partial charge >= 0.3 is 0 Å². The third kappa shape index (κ3) is 4.58. The number of para-hydroxylation sites is 2. The van der Waals surface area contributed by atoms with E-state index in [0.29, 0.717) is 11.8 Å². The van der Waals surface area contributed by atoms with Gasteiger partial charge in [-0.2, -0.15) is 10.2 Å². The predicted molar refractivity (Wildman–Crippen MR) is 115 cm³/mol. The van der Waals surface area contributed by atoms with E-state index >= 15 is 0 Å². The zero-order valence-electron chi connectivity index (χ0n) is 17.0. The topological polar surface area (TPSA) is 35.6 Å². The second-order valence-corrected chi connectivity index (χ2v) is 7.32. The molecule has 0 aliphatic rings. The summed E-state index contributed by atoms with van der Waals surface area (Å²) in [5.41, 5.74) is 4.75. The van der Waals surface area contributed by atoms with Crippen molar-refractivity contribution in [2.45, 2.75) is 39.5 Å². The number of rotatable bonds is 4. The van der Waals surface area contributed by atoms with E-state index in [1.807, 2.05) is 58.2 Å². The van der Waals surface area contributed by atoms with Crippen molar-refractivity contribution in [1.29, 1.82) is 0 Å². The minimum atomic E-state index is 0.498. The summed E-state index contributed by atoms with van der Waals surface area (Å²) in [6.45, 7) is 8.71. The maximum atomic E-state index is 4.32. The molecule has 28 heavy (non-hydrogen) atoms. The summed E-state index contributed by atoms with van der Waals surface area (Å²) >= 11 is 0. The molecule has 0 amide bonds. The lowest BCUT2D eigenvalue weighted by atomic mass is 10.1. The van der Waals surface area contributed by atoms with Crippen LogP contribution in [0.25, 0.3) is 11.4 Å². The molecule has 0 unspecified atom stereocenters. The second-order valence-electron chi connectivity index (χ2n) is 7.32. The first-order valence-corrected chi connectivity index (χ1v) is 9.76. The Labute approximate surface area is 167 Å². The highest BCUT2D eigenvalue weighted by molar-refractivity contribution is 5.33. The first-order valence-electron chi connectivity index (χ1n) is 9.76. The second kappa shape index (κ2) is 9.18. The van der Waals surface area contributed by atoms with E-state index in [1.165, 1.54) is 11.4 Å². The summed E-state index contributed by atoms with van der Waals surface area (Å²) in [5, 5.41) is 8.65. The lowest BCUT2D eigenvalue weighted by molar-refractivity contribution is 0.734. The maximum absolute atomic E-state index is 4.32. The van der Waals surface area contributed by atoms with Crippen LogP contribution in [0.3, 0.4) is 0 Å². The molecule has 144 valence electrons. The monoisotopic (exact) mass is 372 g/mol. The molecule has 0 spiro atoms. The fourth-order valence-corrected chi connectivity index (χ4v) is 3.07. The predicted octanol–water partition coefficient (Wildman–Crippen LogP) is 5.99. The van der Waals surface area contributed by atoms with E-state index in [2.05, 4.69) is 74.3 Å². The van der Waals surface area contributed by atoms with Crippen molar-refractivity contribution in [3.8, 4) is 11.4 Å².